The molecule has 1 saturated heterocycles. The maximum Gasteiger partial charge on any atom is 0.135 e. The minimum atomic E-state index is -0.0133. The first-order valence-electron chi connectivity index (χ1n) is 2.81. The molecule has 2 nitrogen and oxygen atoms in total. The van der Waals surface area contributed by atoms with Gasteiger partial charge in [-0.3, -0.25) is 4.90 Å². The average Bonchev–Trinajstić information content (AvgIpc) is 1.90. The monoisotopic (exact) mass is 132 g/mol. The normalized spacial score (nSPS) is 23.6. The molecule has 0 aromatic rings. The Morgan fingerprint density at radius 2 is 2.00 bits per heavy atom. The summed E-state index contributed by atoms with van der Waals surface area (Å²) in [6, 6.07) is 0. The number of hydrogen-bond donors (Lipinski definition) is 0. The van der Waals surface area contributed by atoms with Crippen molar-refractivity contribution >= 4 is 11.8 Å². The maximum absolute atomic E-state index is 10.2. The van der Waals surface area contributed by atoms with E-state index in [2.05, 4.69) is 0 Å². The summed E-state index contributed by atoms with van der Waals surface area (Å²) in [5.41, 5.74) is 0. The van der Waals surface area contributed by atoms with Gasteiger partial charge in [-0.1, -0.05) is 0 Å². The van der Waals surface area contributed by atoms with Crippen LogP contribution in [0.5, 0.6) is 0 Å². The molecule has 0 amide bonds. The third-order valence-corrected chi connectivity index (χ3v) is 2.23. The van der Waals surface area contributed by atoms with E-state index in [-0.39, 0.29) is 6.73 Å². The molecule has 8 heavy (non-hydrogen) atoms. The summed E-state index contributed by atoms with van der Waals surface area (Å²) in [5.74, 6) is 2.28. The van der Waals surface area contributed by atoms with E-state index in [9.17, 15) is 5.11 Å². The van der Waals surface area contributed by atoms with Crippen molar-refractivity contribution in [3.8, 4) is 0 Å². The highest BCUT2D eigenvalue weighted by atomic mass is 32.2. The van der Waals surface area contributed by atoms with Crippen molar-refractivity contribution in [3.05, 3.63) is 0 Å². The van der Waals surface area contributed by atoms with Gasteiger partial charge in [-0.05, 0) is 0 Å². The van der Waals surface area contributed by atoms with Gasteiger partial charge in [0.25, 0.3) is 0 Å². The van der Waals surface area contributed by atoms with Crippen molar-refractivity contribution in [2.24, 2.45) is 0 Å². The van der Waals surface area contributed by atoms with Crippen LogP contribution in [0.4, 0.5) is 0 Å². The Bertz CT molecular complexity index is 63.4. The predicted octanol–water partition coefficient (Wildman–Crippen LogP) is 0.423. The SMILES string of the molecule is [O]CN1CCSCC1. The fourth-order valence-electron chi connectivity index (χ4n) is 0.730. The lowest BCUT2D eigenvalue weighted by atomic mass is 10.5. The van der Waals surface area contributed by atoms with Crippen LogP contribution >= 0.6 is 11.8 Å². The minimum Gasteiger partial charge on any atom is -0.277 e. The van der Waals surface area contributed by atoms with E-state index in [0.717, 1.165) is 24.6 Å². The predicted molar refractivity (Wildman–Crippen MR) is 34.5 cm³/mol. The van der Waals surface area contributed by atoms with E-state index in [4.69, 9.17) is 0 Å². The second kappa shape index (κ2) is 3.33. The van der Waals surface area contributed by atoms with E-state index in [1.807, 2.05) is 16.7 Å². The Morgan fingerprint density at radius 3 is 2.38 bits per heavy atom. The van der Waals surface area contributed by atoms with Gasteiger partial charge in [0, 0.05) is 24.6 Å². The number of nitrogens with zero attached hydrogens (tertiary/aromatic N) is 1. The van der Waals surface area contributed by atoms with Crippen LogP contribution in [0.2, 0.25) is 0 Å². The van der Waals surface area contributed by atoms with Crippen molar-refractivity contribution in [1.82, 2.24) is 4.90 Å². The minimum absolute atomic E-state index is 0.0133. The highest BCUT2D eigenvalue weighted by Crippen LogP contribution is 2.07. The first-order chi connectivity index (χ1) is 3.93. The fraction of sp³-hybridized carbons (Fsp3) is 1.00. The smallest absolute Gasteiger partial charge is 0.135 e. The van der Waals surface area contributed by atoms with Crippen LogP contribution in [0, 0.1) is 0 Å². The molecule has 1 aliphatic heterocycles. The van der Waals surface area contributed by atoms with E-state index in [0.29, 0.717) is 0 Å². The molecule has 0 unspecified atom stereocenters. The number of hydrogen-bond acceptors (Lipinski definition) is 2. The van der Waals surface area contributed by atoms with Crippen LogP contribution in [-0.4, -0.2) is 36.2 Å². The molecule has 1 rings (SSSR count). The largest absolute Gasteiger partial charge is 0.277 e. The zero-order valence-electron chi connectivity index (χ0n) is 4.80. The summed E-state index contributed by atoms with van der Waals surface area (Å²) in [4.78, 5) is 1.94. The Kier molecular flexibility index (Phi) is 2.66. The molecule has 1 aliphatic rings. The summed E-state index contributed by atoms with van der Waals surface area (Å²) in [5, 5.41) is 10.2. The van der Waals surface area contributed by atoms with Gasteiger partial charge < -0.3 is 0 Å². The molecule has 0 spiro atoms. The number of rotatable bonds is 1. The maximum atomic E-state index is 10.2. The van der Waals surface area contributed by atoms with Crippen molar-refractivity contribution in [2.75, 3.05) is 31.3 Å². The molecule has 1 fully saturated rings. The summed E-state index contributed by atoms with van der Waals surface area (Å²) in [7, 11) is 0. The van der Waals surface area contributed by atoms with Gasteiger partial charge in [0.2, 0.25) is 0 Å². The van der Waals surface area contributed by atoms with Gasteiger partial charge in [0.05, 0.1) is 0 Å². The topological polar surface area (TPSA) is 23.1 Å². The van der Waals surface area contributed by atoms with Gasteiger partial charge >= 0.3 is 0 Å². The zero-order chi connectivity index (χ0) is 5.82. The highest BCUT2D eigenvalue weighted by molar-refractivity contribution is 7.99. The Labute approximate surface area is 53.9 Å². The van der Waals surface area contributed by atoms with Crippen LogP contribution in [0.3, 0.4) is 0 Å². The molecule has 1 heterocycles. The standard InChI is InChI=1S/C5H10NOS/c7-5-6-1-3-8-4-2-6/h1-5H2. The van der Waals surface area contributed by atoms with E-state index in [1.165, 1.54) is 0 Å². The molecule has 0 bridgehead atoms. The third kappa shape index (κ3) is 1.65. The third-order valence-electron chi connectivity index (χ3n) is 1.29. The summed E-state index contributed by atoms with van der Waals surface area (Å²) in [6.07, 6.45) is 0. The lowest BCUT2D eigenvalue weighted by Gasteiger charge is -2.22. The molecule has 0 N–H and O–H groups in total. The van der Waals surface area contributed by atoms with Crippen molar-refractivity contribution < 1.29 is 5.11 Å². The van der Waals surface area contributed by atoms with Crippen molar-refractivity contribution in [3.63, 3.8) is 0 Å². The van der Waals surface area contributed by atoms with Crippen LogP contribution in [0.1, 0.15) is 0 Å². The van der Waals surface area contributed by atoms with Crippen molar-refractivity contribution in [2.45, 2.75) is 0 Å². The lowest BCUT2D eigenvalue weighted by molar-refractivity contribution is 0.0585. The average molecular weight is 132 g/mol. The van der Waals surface area contributed by atoms with Crippen LogP contribution in [0.25, 0.3) is 0 Å². The molecular weight excluding hydrogens is 122 g/mol. The fourth-order valence-corrected chi connectivity index (χ4v) is 1.71. The van der Waals surface area contributed by atoms with Crippen LogP contribution in [-0.2, 0) is 5.11 Å². The quantitative estimate of drug-likeness (QED) is 0.516. The van der Waals surface area contributed by atoms with E-state index < -0.39 is 0 Å². The molecule has 0 saturated carbocycles. The lowest BCUT2D eigenvalue weighted by Crippen LogP contribution is -2.32. The second-order valence-corrected chi connectivity index (χ2v) is 3.08. The molecule has 1 radical (unpaired) electrons. The molecule has 0 aliphatic carbocycles. The van der Waals surface area contributed by atoms with Crippen molar-refractivity contribution in [1.29, 1.82) is 0 Å². The van der Waals surface area contributed by atoms with E-state index >= 15 is 0 Å². The van der Waals surface area contributed by atoms with Gasteiger partial charge in [-0.15, -0.1) is 0 Å². The van der Waals surface area contributed by atoms with Crippen LogP contribution < -0.4 is 0 Å². The summed E-state index contributed by atoms with van der Waals surface area (Å²) in [6.45, 7) is 1.98. The Morgan fingerprint density at radius 1 is 1.38 bits per heavy atom. The first-order valence-corrected chi connectivity index (χ1v) is 3.97. The van der Waals surface area contributed by atoms with Gasteiger partial charge in [-0.2, -0.15) is 11.8 Å². The summed E-state index contributed by atoms with van der Waals surface area (Å²) < 4.78 is 0. The second-order valence-electron chi connectivity index (χ2n) is 1.86. The van der Waals surface area contributed by atoms with Gasteiger partial charge in [0.15, 0.2) is 0 Å². The molecule has 0 aromatic heterocycles. The first kappa shape index (κ1) is 6.39. The van der Waals surface area contributed by atoms with Gasteiger partial charge in [-0.25, -0.2) is 5.11 Å². The Hall–Kier alpha value is 0.270. The molecule has 0 aromatic carbocycles. The number of thioether (sulfide) groups is 1. The van der Waals surface area contributed by atoms with E-state index in [1.54, 1.807) is 0 Å². The van der Waals surface area contributed by atoms with Gasteiger partial charge in [0.1, 0.15) is 6.73 Å². The zero-order valence-corrected chi connectivity index (χ0v) is 5.62. The molecule has 47 valence electrons. The Balaban J connectivity index is 2.13. The van der Waals surface area contributed by atoms with Crippen LogP contribution in [0.15, 0.2) is 0 Å². The molecular formula is C5H10NOS. The molecule has 0 atom stereocenters. The molecule has 3 heteroatoms. The highest BCUT2D eigenvalue weighted by Gasteiger charge is 2.07. The summed E-state index contributed by atoms with van der Waals surface area (Å²) >= 11 is 1.93.